The normalized spacial score (nSPS) is 22.1. The van der Waals surface area contributed by atoms with Gasteiger partial charge < -0.3 is 15.7 Å². The molecule has 1 heterocycles. The third kappa shape index (κ3) is 4.20. The number of carbonyl (C=O) groups is 2. The molecule has 1 aliphatic carbocycles. The van der Waals surface area contributed by atoms with E-state index >= 15 is 0 Å². The standard InChI is InChI=1S/C12H17N3O3S/c16-11(17)8-1-2-9(7-8)15-12(18)14-4-3-10-13-5-6-19-10/h5-6,8-9H,1-4,7H2,(H,16,17)(H2,14,15,18). The smallest absolute Gasteiger partial charge is 0.315 e. The van der Waals surface area contributed by atoms with E-state index in [0.717, 1.165) is 11.4 Å². The SMILES string of the molecule is O=C(NCCc1nccs1)NC1CCC(C(=O)O)C1. The van der Waals surface area contributed by atoms with Gasteiger partial charge in [-0.2, -0.15) is 0 Å². The van der Waals surface area contributed by atoms with Gasteiger partial charge >= 0.3 is 12.0 Å². The monoisotopic (exact) mass is 283 g/mol. The van der Waals surface area contributed by atoms with Gasteiger partial charge in [0.05, 0.1) is 10.9 Å². The Kier molecular flexibility index (Phi) is 4.73. The lowest BCUT2D eigenvalue weighted by molar-refractivity contribution is -0.141. The number of thiazole rings is 1. The molecule has 6 nitrogen and oxygen atoms in total. The summed E-state index contributed by atoms with van der Waals surface area (Å²) in [5, 5.41) is 17.3. The van der Waals surface area contributed by atoms with Crippen LogP contribution in [0.3, 0.4) is 0 Å². The van der Waals surface area contributed by atoms with Crippen molar-refractivity contribution in [1.82, 2.24) is 15.6 Å². The van der Waals surface area contributed by atoms with Gasteiger partial charge in [0.25, 0.3) is 0 Å². The topological polar surface area (TPSA) is 91.3 Å². The van der Waals surface area contributed by atoms with Crippen molar-refractivity contribution < 1.29 is 14.7 Å². The molecule has 0 spiro atoms. The number of hydrogen-bond acceptors (Lipinski definition) is 4. The second-order valence-electron chi connectivity index (χ2n) is 4.62. The van der Waals surface area contributed by atoms with E-state index in [-0.39, 0.29) is 18.0 Å². The van der Waals surface area contributed by atoms with Crippen molar-refractivity contribution in [2.45, 2.75) is 31.7 Å². The number of carbonyl (C=O) groups excluding carboxylic acids is 1. The summed E-state index contributed by atoms with van der Waals surface area (Å²) in [5.41, 5.74) is 0. The van der Waals surface area contributed by atoms with Gasteiger partial charge in [0.15, 0.2) is 0 Å². The Hall–Kier alpha value is -1.63. The molecular weight excluding hydrogens is 266 g/mol. The first-order valence-electron chi connectivity index (χ1n) is 6.30. The zero-order chi connectivity index (χ0) is 13.7. The molecule has 0 radical (unpaired) electrons. The molecule has 2 unspecified atom stereocenters. The Bertz CT molecular complexity index is 435. The fraction of sp³-hybridized carbons (Fsp3) is 0.583. The Morgan fingerprint density at radius 2 is 2.32 bits per heavy atom. The van der Waals surface area contributed by atoms with Crippen LogP contribution in [-0.4, -0.2) is 34.7 Å². The second-order valence-corrected chi connectivity index (χ2v) is 5.60. The first-order valence-corrected chi connectivity index (χ1v) is 7.18. The van der Waals surface area contributed by atoms with Crippen LogP contribution < -0.4 is 10.6 Å². The lowest BCUT2D eigenvalue weighted by Gasteiger charge is -2.13. The second kappa shape index (κ2) is 6.51. The Labute approximate surface area is 115 Å². The number of aliphatic carboxylic acids is 1. The third-order valence-electron chi connectivity index (χ3n) is 3.22. The maximum Gasteiger partial charge on any atom is 0.315 e. The number of hydrogen-bond donors (Lipinski definition) is 3. The first kappa shape index (κ1) is 13.8. The first-order chi connectivity index (χ1) is 9.15. The highest BCUT2D eigenvalue weighted by molar-refractivity contribution is 7.09. The van der Waals surface area contributed by atoms with E-state index in [1.807, 2.05) is 5.38 Å². The number of carboxylic acids is 1. The molecular formula is C12H17N3O3S. The van der Waals surface area contributed by atoms with Crippen molar-refractivity contribution >= 4 is 23.3 Å². The number of nitrogens with one attached hydrogen (secondary N) is 2. The van der Waals surface area contributed by atoms with Crippen molar-refractivity contribution in [2.24, 2.45) is 5.92 Å². The molecule has 1 aliphatic rings. The molecule has 1 aromatic rings. The number of carboxylic acid groups (broad SMARTS) is 1. The molecule has 3 N–H and O–H groups in total. The average Bonchev–Trinajstić information content (AvgIpc) is 3.00. The average molecular weight is 283 g/mol. The fourth-order valence-corrected chi connectivity index (χ4v) is 2.85. The van der Waals surface area contributed by atoms with Gasteiger partial charge in [-0.05, 0) is 19.3 Å². The van der Waals surface area contributed by atoms with Crippen LogP contribution in [0.15, 0.2) is 11.6 Å². The van der Waals surface area contributed by atoms with Gasteiger partial charge in [-0.1, -0.05) is 0 Å². The highest BCUT2D eigenvalue weighted by Gasteiger charge is 2.30. The van der Waals surface area contributed by atoms with Crippen LogP contribution in [0.1, 0.15) is 24.3 Å². The van der Waals surface area contributed by atoms with Crippen molar-refractivity contribution in [2.75, 3.05) is 6.54 Å². The summed E-state index contributed by atoms with van der Waals surface area (Å²) >= 11 is 1.56. The predicted molar refractivity (Wildman–Crippen MR) is 71.1 cm³/mol. The molecule has 7 heteroatoms. The molecule has 104 valence electrons. The largest absolute Gasteiger partial charge is 0.481 e. The van der Waals surface area contributed by atoms with E-state index in [1.165, 1.54) is 0 Å². The number of rotatable bonds is 5. The van der Waals surface area contributed by atoms with Gasteiger partial charge in [0, 0.05) is 30.6 Å². The van der Waals surface area contributed by atoms with E-state index in [4.69, 9.17) is 5.11 Å². The lowest BCUT2D eigenvalue weighted by Crippen LogP contribution is -2.41. The lowest BCUT2D eigenvalue weighted by atomic mass is 10.1. The number of urea groups is 1. The van der Waals surface area contributed by atoms with E-state index in [0.29, 0.717) is 25.8 Å². The number of nitrogens with zero attached hydrogens (tertiary/aromatic N) is 1. The van der Waals surface area contributed by atoms with Gasteiger partial charge in [-0.15, -0.1) is 11.3 Å². The molecule has 0 aromatic carbocycles. The van der Waals surface area contributed by atoms with Crippen LogP contribution in [0.4, 0.5) is 4.79 Å². The van der Waals surface area contributed by atoms with Crippen LogP contribution >= 0.6 is 11.3 Å². The summed E-state index contributed by atoms with van der Waals surface area (Å²) in [6, 6.07) is -0.256. The van der Waals surface area contributed by atoms with Crippen LogP contribution in [0.2, 0.25) is 0 Å². The van der Waals surface area contributed by atoms with Gasteiger partial charge in [-0.25, -0.2) is 9.78 Å². The van der Waals surface area contributed by atoms with E-state index in [1.54, 1.807) is 17.5 Å². The zero-order valence-electron chi connectivity index (χ0n) is 10.5. The van der Waals surface area contributed by atoms with E-state index < -0.39 is 5.97 Å². The van der Waals surface area contributed by atoms with Gasteiger partial charge in [-0.3, -0.25) is 4.79 Å². The molecule has 2 atom stereocenters. The van der Waals surface area contributed by atoms with Gasteiger partial charge in [0.2, 0.25) is 0 Å². The molecule has 19 heavy (non-hydrogen) atoms. The van der Waals surface area contributed by atoms with E-state index in [2.05, 4.69) is 15.6 Å². The van der Waals surface area contributed by atoms with Crippen molar-refractivity contribution in [3.8, 4) is 0 Å². The molecule has 2 rings (SSSR count). The van der Waals surface area contributed by atoms with Crippen molar-refractivity contribution in [3.05, 3.63) is 16.6 Å². The molecule has 0 saturated heterocycles. The minimum atomic E-state index is -0.770. The summed E-state index contributed by atoms with van der Waals surface area (Å²) in [5.74, 6) is -1.09. The van der Waals surface area contributed by atoms with Crippen LogP contribution in [-0.2, 0) is 11.2 Å². The quantitative estimate of drug-likeness (QED) is 0.758. The van der Waals surface area contributed by atoms with E-state index in [9.17, 15) is 9.59 Å². The molecule has 2 amide bonds. The Morgan fingerprint density at radius 3 is 2.95 bits per heavy atom. The molecule has 1 aromatic heterocycles. The number of aromatic nitrogens is 1. The summed E-state index contributed by atoms with van der Waals surface area (Å²) in [6.45, 7) is 0.536. The maximum atomic E-state index is 11.6. The van der Waals surface area contributed by atoms with Crippen LogP contribution in [0.25, 0.3) is 0 Å². The fourth-order valence-electron chi connectivity index (χ4n) is 2.23. The summed E-state index contributed by atoms with van der Waals surface area (Å²) in [4.78, 5) is 26.5. The minimum absolute atomic E-state index is 0.0269. The molecule has 0 bridgehead atoms. The minimum Gasteiger partial charge on any atom is -0.481 e. The predicted octanol–water partition coefficient (Wildman–Crippen LogP) is 1.24. The molecule has 1 fully saturated rings. The molecule has 1 saturated carbocycles. The highest BCUT2D eigenvalue weighted by Crippen LogP contribution is 2.25. The molecule has 0 aliphatic heterocycles. The van der Waals surface area contributed by atoms with Crippen molar-refractivity contribution in [1.29, 1.82) is 0 Å². The van der Waals surface area contributed by atoms with Crippen molar-refractivity contribution in [3.63, 3.8) is 0 Å². The van der Waals surface area contributed by atoms with Crippen LogP contribution in [0, 0.1) is 5.92 Å². The van der Waals surface area contributed by atoms with Crippen LogP contribution in [0.5, 0.6) is 0 Å². The Morgan fingerprint density at radius 1 is 1.47 bits per heavy atom. The maximum absolute atomic E-state index is 11.6. The zero-order valence-corrected chi connectivity index (χ0v) is 11.3. The van der Waals surface area contributed by atoms with Gasteiger partial charge in [0.1, 0.15) is 0 Å². The Balaban J connectivity index is 1.63. The highest BCUT2D eigenvalue weighted by atomic mass is 32.1. The number of amides is 2. The summed E-state index contributed by atoms with van der Waals surface area (Å²) in [7, 11) is 0. The third-order valence-corrected chi connectivity index (χ3v) is 4.06. The summed E-state index contributed by atoms with van der Waals surface area (Å²) in [6.07, 6.45) is 4.35. The summed E-state index contributed by atoms with van der Waals surface area (Å²) < 4.78 is 0.